The molecule has 0 aliphatic rings. The summed E-state index contributed by atoms with van der Waals surface area (Å²) in [5.74, 6) is 1.09. The van der Waals surface area contributed by atoms with E-state index in [1.165, 1.54) is 33.5 Å². The summed E-state index contributed by atoms with van der Waals surface area (Å²) >= 11 is 0. The van der Waals surface area contributed by atoms with E-state index in [2.05, 4.69) is 0 Å². The molecule has 0 aliphatic heterocycles. The van der Waals surface area contributed by atoms with Gasteiger partial charge in [0, 0.05) is 0 Å². The van der Waals surface area contributed by atoms with Gasteiger partial charge < -0.3 is 24.4 Å². The number of hydrogen-bond donors (Lipinski definition) is 2. The Hall–Kier alpha value is -3.93. The Kier molecular flexibility index (Phi) is 6.27. The van der Waals surface area contributed by atoms with Crippen molar-refractivity contribution in [2.24, 2.45) is 0 Å². The number of aromatic hydroxyl groups is 2. The number of phenolic OH excluding ortho intramolecular Hbond substituents is 2. The molecule has 30 heavy (non-hydrogen) atoms. The Morgan fingerprint density at radius 1 is 0.800 bits per heavy atom. The SMILES string of the molecule is COc1cc(/C=C/C(=O)c2cc(-c3ccc(O)cc3)ccc2O)cc(OC)c1OC. The molecule has 0 saturated heterocycles. The van der Waals surface area contributed by atoms with Crippen LogP contribution in [0.5, 0.6) is 28.7 Å². The fourth-order valence-corrected chi connectivity index (χ4v) is 3.03. The molecule has 0 saturated carbocycles. The van der Waals surface area contributed by atoms with Crippen LogP contribution in [0, 0.1) is 0 Å². The molecule has 3 rings (SSSR count). The van der Waals surface area contributed by atoms with E-state index in [-0.39, 0.29) is 22.8 Å². The lowest BCUT2D eigenvalue weighted by Crippen LogP contribution is -1.97. The monoisotopic (exact) mass is 406 g/mol. The number of carbonyl (C=O) groups excluding carboxylic acids is 1. The van der Waals surface area contributed by atoms with Gasteiger partial charge in [0.1, 0.15) is 11.5 Å². The minimum atomic E-state index is -0.359. The first-order valence-electron chi connectivity index (χ1n) is 9.11. The number of ketones is 1. The second-order valence-electron chi connectivity index (χ2n) is 6.44. The van der Waals surface area contributed by atoms with Crippen molar-refractivity contribution in [3.8, 4) is 39.9 Å². The van der Waals surface area contributed by atoms with Crippen LogP contribution in [0.1, 0.15) is 15.9 Å². The topological polar surface area (TPSA) is 85.2 Å². The lowest BCUT2D eigenvalue weighted by Gasteiger charge is -2.12. The van der Waals surface area contributed by atoms with E-state index >= 15 is 0 Å². The first-order valence-corrected chi connectivity index (χ1v) is 9.11. The van der Waals surface area contributed by atoms with Crippen molar-refractivity contribution in [3.63, 3.8) is 0 Å². The second-order valence-corrected chi connectivity index (χ2v) is 6.44. The lowest BCUT2D eigenvalue weighted by atomic mass is 10.00. The Balaban J connectivity index is 1.91. The van der Waals surface area contributed by atoms with Gasteiger partial charge in [-0.05, 0) is 59.2 Å². The molecule has 0 radical (unpaired) electrons. The molecule has 6 heteroatoms. The average Bonchev–Trinajstić information content (AvgIpc) is 2.77. The Labute approximate surface area is 174 Å². The zero-order valence-electron chi connectivity index (χ0n) is 16.9. The molecule has 0 heterocycles. The summed E-state index contributed by atoms with van der Waals surface area (Å²) in [4.78, 5) is 12.7. The van der Waals surface area contributed by atoms with E-state index in [4.69, 9.17) is 14.2 Å². The van der Waals surface area contributed by atoms with Crippen LogP contribution in [0.4, 0.5) is 0 Å². The minimum Gasteiger partial charge on any atom is -0.508 e. The lowest BCUT2D eigenvalue weighted by molar-refractivity contribution is 0.104. The zero-order valence-corrected chi connectivity index (χ0v) is 16.9. The number of benzene rings is 3. The molecule has 0 amide bonds. The predicted molar refractivity (Wildman–Crippen MR) is 115 cm³/mol. The summed E-state index contributed by atoms with van der Waals surface area (Å²) in [6.07, 6.45) is 2.98. The Morgan fingerprint density at radius 2 is 1.40 bits per heavy atom. The van der Waals surface area contributed by atoms with Crippen molar-refractivity contribution in [1.29, 1.82) is 0 Å². The van der Waals surface area contributed by atoms with Gasteiger partial charge in [-0.3, -0.25) is 4.79 Å². The van der Waals surface area contributed by atoms with Crippen molar-refractivity contribution < 1.29 is 29.2 Å². The van der Waals surface area contributed by atoms with Gasteiger partial charge in [-0.1, -0.05) is 24.3 Å². The third-order valence-corrected chi connectivity index (χ3v) is 4.58. The quantitative estimate of drug-likeness (QED) is 0.438. The van der Waals surface area contributed by atoms with Gasteiger partial charge in [0.15, 0.2) is 17.3 Å². The van der Waals surface area contributed by atoms with Crippen LogP contribution in [0.3, 0.4) is 0 Å². The van der Waals surface area contributed by atoms with E-state index < -0.39 is 0 Å². The van der Waals surface area contributed by atoms with Crippen molar-refractivity contribution in [3.05, 3.63) is 71.8 Å². The molecule has 0 atom stereocenters. The standard InChI is InChI=1S/C24H22O6/c1-28-22-12-15(13-23(29-2)24(22)30-3)4-10-20(26)19-14-17(7-11-21(19)27)16-5-8-18(25)9-6-16/h4-14,25,27H,1-3H3/b10-4+. The Morgan fingerprint density at radius 3 is 1.97 bits per heavy atom. The highest BCUT2D eigenvalue weighted by Gasteiger charge is 2.14. The first-order chi connectivity index (χ1) is 14.5. The summed E-state index contributed by atoms with van der Waals surface area (Å²) in [5, 5.41) is 19.6. The van der Waals surface area contributed by atoms with Crippen molar-refractivity contribution in [1.82, 2.24) is 0 Å². The van der Waals surface area contributed by atoms with E-state index in [1.54, 1.807) is 54.6 Å². The van der Waals surface area contributed by atoms with Gasteiger partial charge >= 0.3 is 0 Å². The van der Waals surface area contributed by atoms with E-state index in [9.17, 15) is 15.0 Å². The third kappa shape index (κ3) is 4.38. The Bertz CT molecular complexity index is 1060. The number of allylic oxidation sites excluding steroid dienone is 1. The van der Waals surface area contributed by atoms with Crippen molar-refractivity contribution in [2.45, 2.75) is 0 Å². The fraction of sp³-hybridized carbons (Fsp3) is 0.125. The fourth-order valence-electron chi connectivity index (χ4n) is 3.03. The van der Waals surface area contributed by atoms with Gasteiger partial charge in [-0.25, -0.2) is 0 Å². The smallest absolute Gasteiger partial charge is 0.203 e. The van der Waals surface area contributed by atoms with E-state index in [0.29, 0.717) is 22.8 Å². The average molecular weight is 406 g/mol. The predicted octanol–water partition coefficient (Wildman–Crippen LogP) is 4.69. The number of phenols is 2. The number of rotatable bonds is 7. The van der Waals surface area contributed by atoms with Gasteiger partial charge in [0.2, 0.25) is 5.75 Å². The normalized spacial score (nSPS) is 10.8. The molecule has 3 aromatic carbocycles. The maximum absolute atomic E-state index is 12.7. The third-order valence-electron chi connectivity index (χ3n) is 4.58. The highest BCUT2D eigenvalue weighted by molar-refractivity contribution is 6.09. The van der Waals surface area contributed by atoms with E-state index in [0.717, 1.165) is 11.1 Å². The number of hydrogen-bond acceptors (Lipinski definition) is 6. The summed E-state index contributed by atoms with van der Waals surface area (Å²) in [6, 6.07) is 14.8. The van der Waals surface area contributed by atoms with Crippen molar-refractivity contribution in [2.75, 3.05) is 21.3 Å². The second kappa shape index (κ2) is 9.05. The molecule has 3 aromatic rings. The molecule has 0 unspecified atom stereocenters. The van der Waals surface area contributed by atoms with Crippen LogP contribution in [-0.4, -0.2) is 37.3 Å². The van der Waals surface area contributed by atoms with Crippen LogP contribution in [0.25, 0.3) is 17.2 Å². The van der Waals surface area contributed by atoms with Crippen LogP contribution < -0.4 is 14.2 Å². The number of carbonyl (C=O) groups is 1. The van der Waals surface area contributed by atoms with Gasteiger partial charge in [0.05, 0.1) is 26.9 Å². The molecule has 6 nitrogen and oxygen atoms in total. The molecule has 0 aromatic heterocycles. The summed E-state index contributed by atoms with van der Waals surface area (Å²) in [7, 11) is 4.55. The molecule has 0 aliphatic carbocycles. The van der Waals surface area contributed by atoms with Gasteiger partial charge in [0.25, 0.3) is 0 Å². The number of methoxy groups -OCH3 is 3. The van der Waals surface area contributed by atoms with Gasteiger partial charge in [-0.2, -0.15) is 0 Å². The summed E-state index contributed by atoms with van der Waals surface area (Å²) < 4.78 is 15.9. The molecule has 0 fully saturated rings. The number of ether oxygens (including phenoxy) is 3. The molecule has 2 N–H and O–H groups in total. The van der Waals surface area contributed by atoms with Gasteiger partial charge in [-0.15, -0.1) is 0 Å². The first kappa shape index (κ1) is 20.8. The van der Waals surface area contributed by atoms with Crippen LogP contribution in [0.2, 0.25) is 0 Å². The molecule has 154 valence electrons. The molecule has 0 spiro atoms. The maximum Gasteiger partial charge on any atom is 0.203 e. The summed E-state index contributed by atoms with van der Waals surface area (Å²) in [6.45, 7) is 0. The highest BCUT2D eigenvalue weighted by Crippen LogP contribution is 2.38. The molecular formula is C24H22O6. The molecular weight excluding hydrogens is 384 g/mol. The van der Waals surface area contributed by atoms with Crippen LogP contribution >= 0.6 is 0 Å². The van der Waals surface area contributed by atoms with Crippen LogP contribution in [-0.2, 0) is 0 Å². The largest absolute Gasteiger partial charge is 0.508 e. The van der Waals surface area contributed by atoms with Crippen LogP contribution in [0.15, 0.2) is 60.7 Å². The van der Waals surface area contributed by atoms with Crippen molar-refractivity contribution >= 4 is 11.9 Å². The summed E-state index contributed by atoms with van der Waals surface area (Å²) in [5.41, 5.74) is 2.41. The maximum atomic E-state index is 12.7. The zero-order chi connectivity index (χ0) is 21.7. The highest BCUT2D eigenvalue weighted by atomic mass is 16.5. The van der Waals surface area contributed by atoms with E-state index in [1.807, 2.05) is 0 Å². The minimum absolute atomic E-state index is 0.114. The molecule has 0 bridgehead atoms.